The number of aliphatic hydroxyl groups excluding tert-OH is 1. The van der Waals surface area contributed by atoms with E-state index in [9.17, 15) is 18.3 Å². The molecule has 8 heteroatoms. The quantitative estimate of drug-likeness (QED) is 0.529. The van der Waals surface area contributed by atoms with Crippen LogP contribution in [-0.4, -0.2) is 43.8 Å². The van der Waals surface area contributed by atoms with Gasteiger partial charge in [-0.1, -0.05) is 31.5 Å². The van der Waals surface area contributed by atoms with Gasteiger partial charge in [-0.15, -0.1) is 0 Å². The second kappa shape index (κ2) is 9.95. The van der Waals surface area contributed by atoms with Crippen LogP contribution in [0.25, 0.3) is 0 Å². The maximum Gasteiger partial charge on any atom is 0.305 e. The summed E-state index contributed by atoms with van der Waals surface area (Å²) in [6.45, 7) is 7.80. The summed E-state index contributed by atoms with van der Waals surface area (Å²) in [4.78, 5) is 11.0. The van der Waals surface area contributed by atoms with Crippen LogP contribution in [0.4, 0.5) is 11.4 Å². The molecule has 0 aliphatic rings. The van der Waals surface area contributed by atoms with Gasteiger partial charge in [0.05, 0.1) is 29.7 Å². The molecule has 0 aliphatic carbocycles. The molecule has 0 bridgehead atoms. The molecule has 164 valence electrons. The standard InChI is InChI=1S/C22H30N2O5S/c1-15(2)13-24(21-10-5-16(3)11-17(21)4)30(28,29)20-8-6-18(7-9-20)23-19(14-25)12-22(26)27/h5-11,15,19,23,25H,12-14H2,1-4H3,(H,26,27). The molecule has 0 aromatic heterocycles. The molecule has 0 amide bonds. The molecule has 30 heavy (non-hydrogen) atoms. The van der Waals surface area contributed by atoms with Gasteiger partial charge in [0.2, 0.25) is 0 Å². The molecule has 3 N–H and O–H groups in total. The maximum absolute atomic E-state index is 13.4. The molecule has 2 rings (SSSR count). The van der Waals surface area contributed by atoms with Gasteiger partial charge in [-0.25, -0.2) is 8.42 Å². The van der Waals surface area contributed by atoms with Crippen molar-refractivity contribution in [3.8, 4) is 0 Å². The lowest BCUT2D eigenvalue weighted by Gasteiger charge is -2.28. The Hall–Kier alpha value is -2.58. The van der Waals surface area contributed by atoms with Gasteiger partial charge in [0.15, 0.2) is 0 Å². The van der Waals surface area contributed by atoms with Crippen molar-refractivity contribution in [2.45, 2.75) is 45.1 Å². The second-order valence-electron chi connectivity index (χ2n) is 7.87. The van der Waals surface area contributed by atoms with E-state index in [2.05, 4.69) is 5.32 Å². The molecule has 0 fully saturated rings. The van der Waals surface area contributed by atoms with Crippen molar-refractivity contribution >= 4 is 27.4 Å². The number of hydrogen-bond acceptors (Lipinski definition) is 5. The van der Waals surface area contributed by atoms with Crippen LogP contribution in [-0.2, 0) is 14.8 Å². The molecular formula is C22H30N2O5S. The number of aryl methyl sites for hydroxylation is 2. The number of carboxylic acids is 1. The molecule has 0 aliphatic heterocycles. The van der Waals surface area contributed by atoms with Gasteiger partial charge in [-0.2, -0.15) is 0 Å². The SMILES string of the molecule is Cc1ccc(N(CC(C)C)S(=O)(=O)c2ccc(NC(CO)CC(=O)O)cc2)c(C)c1. The summed E-state index contributed by atoms with van der Waals surface area (Å²) < 4.78 is 28.3. The number of nitrogens with zero attached hydrogens (tertiary/aromatic N) is 1. The third-order valence-corrected chi connectivity index (χ3v) is 6.40. The summed E-state index contributed by atoms with van der Waals surface area (Å²) in [7, 11) is -3.79. The molecule has 0 radical (unpaired) electrons. The number of carboxylic acid groups (broad SMARTS) is 1. The lowest BCUT2D eigenvalue weighted by Crippen LogP contribution is -2.34. The minimum absolute atomic E-state index is 0.128. The largest absolute Gasteiger partial charge is 0.481 e. The molecule has 0 spiro atoms. The average Bonchev–Trinajstić information content (AvgIpc) is 2.66. The van der Waals surface area contributed by atoms with Crippen LogP contribution in [0.1, 0.15) is 31.4 Å². The molecular weight excluding hydrogens is 404 g/mol. The first-order chi connectivity index (χ1) is 14.0. The van der Waals surface area contributed by atoms with E-state index in [1.807, 2.05) is 45.9 Å². The number of carbonyl (C=O) groups is 1. The van der Waals surface area contributed by atoms with E-state index < -0.39 is 22.0 Å². The second-order valence-corrected chi connectivity index (χ2v) is 9.73. The lowest BCUT2D eigenvalue weighted by atomic mass is 10.1. The fraction of sp³-hybridized carbons (Fsp3) is 0.409. The first kappa shape index (κ1) is 23.7. The molecule has 1 unspecified atom stereocenters. The minimum atomic E-state index is -3.79. The molecule has 7 nitrogen and oxygen atoms in total. The number of nitrogens with one attached hydrogen (secondary N) is 1. The van der Waals surface area contributed by atoms with E-state index in [0.717, 1.165) is 11.1 Å². The number of benzene rings is 2. The van der Waals surface area contributed by atoms with E-state index in [-0.39, 0.29) is 23.8 Å². The lowest BCUT2D eigenvalue weighted by molar-refractivity contribution is -0.137. The smallest absolute Gasteiger partial charge is 0.305 e. The number of aliphatic carboxylic acids is 1. The summed E-state index contributed by atoms with van der Waals surface area (Å²) in [5.41, 5.74) is 3.14. The van der Waals surface area contributed by atoms with Crippen LogP contribution in [0.15, 0.2) is 47.4 Å². The van der Waals surface area contributed by atoms with Crippen molar-refractivity contribution in [1.29, 1.82) is 0 Å². The summed E-state index contributed by atoms with van der Waals surface area (Å²) in [6, 6.07) is 11.2. The highest BCUT2D eigenvalue weighted by Crippen LogP contribution is 2.29. The summed E-state index contributed by atoms with van der Waals surface area (Å²) in [6.07, 6.45) is -0.245. The Bertz CT molecular complexity index is 972. The van der Waals surface area contributed by atoms with E-state index in [1.165, 1.54) is 16.4 Å². The van der Waals surface area contributed by atoms with Gasteiger partial charge in [0.1, 0.15) is 0 Å². The Kier molecular flexibility index (Phi) is 7.86. The number of aliphatic hydroxyl groups is 1. The molecule has 0 saturated carbocycles. The molecule has 2 aromatic carbocycles. The Labute approximate surface area is 178 Å². The van der Waals surface area contributed by atoms with E-state index in [4.69, 9.17) is 5.11 Å². The number of hydrogen-bond donors (Lipinski definition) is 3. The fourth-order valence-corrected chi connectivity index (χ4v) is 4.89. The third-order valence-electron chi connectivity index (χ3n) is 4.61. The van der Waals surface area contributed by atoms with Gasteiger partial charge in [-0.05, 0) is 55.7 Å². The first-order valence-electron chi connectivity index (χ1n) is 9.83. The fourth-order valence-electron chi connectivity index (χ4n) is 3.20. The van der Waals surface area contributed by atoms with E-state index >= 15 is 0 Å². The molecule has 0 saturated heterocycles. The highest BCUT2D eigenvalue weighted by atomic mass is 32.2. The van der Waals surface area contributed by atoms with Crippen molar-refractivity contribution in [2.24, 2.45) is 5.92 Å². The monoisotopic (exact) mass is 434 g/mol. The number of anilines is 2. The molecule has 2 aromatic rings. The zero-order chi connectivity index (χ0) is 22.5. The van der Waals surface area contributed by atoms with Crippen LogP contribution in [0.3, 0.4) is 0 Å². The van der Waals surface area contributed by atoms with E-state index in [1.54, 1.807) is 12.1 Å². The highest BCUT2D eigenvalue weighted by molar-refractivity contribution is 7.92. The van der Waals surface area contributed by atoms with Crippen LogP contribution >= 0.6 is 0 Å². The molecule has 0 heterocycles. The Morgan fingerprint density at radius 2 is 1.73 bits per heavy atom. The Morgan fingerprint density at radius 3 is 2.23 bits per heavy atom. The van der Waals surface area contributed by atoms with Crippen molar-refractivity contribution in [3.05, 3.63) is 53.6 Å². The van der Waals surface area contributed by atoms with Crippen LogP contribution < -0.4 is 9.62 Å². The first-order valence-corrected chi connectivity index (χ1v) is 11.3. The van der Waals surface area contributed by atoms with Gasteiger partial charge in [0, 0.05) is 12.2 Å². The topological polar surface area (TPSA) is 107 Å². The number of rotatable bonds is 10. The van der Waals surface area contributed by atoms with Gasteiger partial charge >= 0.3 is 5.97 Å². The zero-order valence-corrected chi connectivity index (χ0v) is 18.6. The van der Waals surface area contributed by atoms with Crippen molar-refractivity contribution in [1.82, 2.24) is 0 Å². The van der Waals surface area contributed by atoms with Gasteiger partial charge in [-0.3, -0.25) is 9.10 Å². The van der Waals surface area contributed by atoms with E-state index in [0.29, 0.717) is 17.9 Å². The van der Waals surface area contributed by atoms with Crippen molar-refractivity contribution < 1.29 is 23.4 Å². The predicted octanol–water partition coefficient (Wildman–Crippen LogP) is 3.40. The molecule has 1 atom stereocenters. The Morgan fingerprint density at radius 1 is 1.10 bits per heavy atom. The Balaban J connectivity index is 2.35. The van der Waals surface area contributed by atoms with Crippen LogP contribution in [0, 0.1) is 19.8 Å². The normalized spacial score (nSPS) is 12.6. The minimum Gasteiger partial charge on any atom is -0.481 e. The summed E-state index contributed by atoms with van der Waals surface area (Å²) >= 11 is 0. The van der Waals surface area contributed by atoms with Crippen LogP contribution in [0.5, 0.6) is 0 Å². The van der Waals surface area contributed by atoms with Gasteiger partial charge < -0.3 is 15.5 Å². The van der Waals surface area contributed by atoms with Gasteiger partial charge in [0.25, 0.3) is 10.0 Å². The third kappa shape index (κ3) is 5.96. The highest BCUT2D eigenvalue weighted by Gasteiger charge is 2.27. The van der Waals surface area contributed by atoms with Crippen molar-refractivity contribution in [2.75, 3.05) is 22.8 Å². The summed E-state index contributed by atoms with van der Waals surface area (Å²) in [5, 5.41) is 21.1. The predicted molar refractivity (Wildman–Crippen MR) is 118 cm³/mol. The maximum atomic E-state index is 13.4. The van der Waals surface area contributed by atoms with Crippen molar-refractivity contribution in [3.63, 3.8) is 0 Å². The zero-order valence-electron chi connectivity index (χ0n) is 17.8. The average molecular weight is 435 g/mol. The van der Waals surface area contributed by atoms with Crippen LogP contribution in [0.2, 0.25) is 0 Å². The number of sulfonamides is 1. The summed E-state index contributed by atoms with van der Waals surface area (Å²) in [5.74, 6) is -0.902.